The van der Waals surface area contributed by atoms with Gasteiger partial charge in [0.15, 0.2) is 0 Å². The van der Waals surface area contributed by atoms with Gasteiger partial charge in [-0.15, -0.1) is 0 Å². The number of hydrogen-bond acceptors (Lipinski definition) is 2. The van der Waals surface area contributed by atoms with Crippen LogP contribution in [0.3, 0.4) is 0 Å². The maximum absolute atomic E-state index is 5.88. The van der Waals surface area contributed by atoms with Crippen LogP contribution in [0.2, 0.25) is 0 Å². The Morgan fingerprint density at radius 1 is 1.39 bits per heavy atom. The summed E-state index contributed by atoms with van der Waals surface area (Å²) in [4.78, 5) is 0. The monoisotopic (exact) mass is 245 g/mol. The Labute approximate surface area is 110 Å². The van der Waals surface area contributed by atoms with Crippen LogP contribution in [0.5, 0.6) is 5.75 Å². The molecule has 0 aliphatic carbocycles. The predicted octanol–water partition coefficient (Wildman–Crippen LogP) is 3.46. The van der Waals surface area contributed by atoms with E-state index in [0.717, 1.165) is 31.7 Å². The van der Waals surface area contributed by atoms with Crippen molar-refractivity contribution in [3.63, 3.8) is 0 Å². The van der Waals surface area contributed by atoms with E-state index in [0.29, 0.717) is 0 Å². The highest BCUT2D eigenvalue weighted by Gasteiger charge is 2.29. The third-order valence-electron chi connectivity index (χ3n) is 3.18. The minimum absolute atomic E-state index is 0.0414. The summed E-state index contributed by atoms with van der Waals surface area (Å²) in [6, 6.07) is 6.53. The first-order chi connectivity index (χ1) is 8.61. The van der Waals surface area contributed by atoms with Gasteiger partial charge in [0, 0.05) is 13.0 Å². The smallest absolute Gasteiger partial charge is 0.123 e. The maximum Gasteiger partial charge on any atom is 0.123 e. The Morgan fingerprint density at radius 2 is 2.22 bits per heavy atom. The minimum Gasteiger partial charge on any atom is -0.487 e. The molecule has 18 heavy (non-hydrogen) atoms. The van der Waals surface area contributed by atoms with Crippen molar-refractivity contribution in [2.75, 3.05) is 6.54 Å². The van der Waals surface area contributed by atoms with E-state index in [2.05, 4.69) is 56.4 Å². The summed E-state index contributed by atoms with van der Waals surface area (Å²) < 4.78 is 5.88. The van der Waals surface area contributed by atoms with E-state index in [1.54, 1.807) is 0 Å². The van der Waals surface area contributed by atoms with Gasteiger partial charge < -0.3 is 10.1 Å². The van der Waals surface area contributed by atoms with Crippen molar-refractivity contribution >= 4 is 0 Å². The van der Waals surface area contributed by atoms with Crippen LogP contribution in [0.1, 0.15) is 38.3 Å². The summed E-state index contributed by atoms with van der Waals surface area (Å²) >= 11 is 0. The largest absolute Gasteiger partial charge is 0.487 e. The molecule has 2 rings (SSSR count). The van der Waals surface area contributed by atoms with Crippen molar-refractivity contribution in [2.24, 2.45) is 0 Å². The van der Waals surface area contributed by atoms with Gasteiger partial charge in [-0.2, -0.15) is 0 Å². The van der Waals surface area contributed by atoms with Gasteiger partial charge in [0.05, 0.1) is 0 Å². The molecule has 0 radical (unpaired) electrons. The quantitative estimate of drug-likeness (QED) is 0.633. The Hall–Kier alpha value is -1.28. The topological polar surface area (TPSA) is 21.3 Å². The molecule has 1 N–H and O–H groups in total. The van der Waals surface area contributed by atoms with Crippen molar-refractivity contribution in [1.29, 1.82) is 0 Å². The molecular formula is C16H23NO. The molecular weight excluding hydrogens is 222 g/mol. The highest BCUT2D eigenvalue weighted by molar-refractivity contribution is 5.41. The first-order valence-corrected chi connectivity index (χ1v) is 6.73. The standard InChI is InChI=1S/C16H23NO/c1-4-5-6-9-17-12-13-7-8-15-14(10-13)11-16(2,3)18-15/h4-5,7-8,10,17H,6,9,11-12H2,1-3H3/b5-4+. The number of benzene rings is 1. The number of fused-ring (bicyclic) bond motifs is 1. The summed E-state index contributed by atoms with van der Waals surface area (Å²) in [6.45, 7) is 8.31. The fourth-order valence-electron chi connectivity index (χ4n) is 2.36. The van der Waals surface area contributed by atoms with Crippen molar-refractivity contribution in [2.45, 2.75) is 45.8 Å². The van der Waals surface area contributed by atoms with E-state index in [-0.39, 0.29) is 5.60 Å². The number of hydrogen-bond donors (Lipinski definition) is 1. The third-order valence-corrected chi connectivity index (χ3v) is 3.18. The lowest BCUT2D eigenvalue weighted by molar-refractivity contribution is 0.138. The molecule has 98 valence electrons. The average molecular weight is 245 g/mol. The minimum atomic E-state index is -0.0414. The van der Waals surface area contributed by atoms with Crippen LogP contribution >= 0.6 is 0 Å². The van der Waals surface area contributed by atoms with Crippen LogP contribution in [0, 0.1) is 0 Å². The predicted molar refractivity (Wildman–Crippen MR) is 76.0 cm³/mol. The zero-order chi connectivity index (χ0) is 13.0. The second-order valence-electron chi connectivity index (χ2n) is 5.52. The van der Waals surface area contributed by atoms with Crippen LogP contribution in [0.25, 0.3) is 0 Å². The molecule has 0 amide bonds. The van der Waals surface area contributed by atoms with Gasteiger partial charge in [0.1, 0.15) is 11.4 Å². The lowest BCUT2D eigenvalue weighted by Gasteiger charge is -2.16. The molecule has 0 saturated heterocycles. The Kier molecular flexibility index (Phi) is 4.07. The molecule has 1 aliphatic rings. The molecule has 0 bridgehead atoms. The van der Waals surface area contributed by atoms with Crippen molar-refractivity contribution in [1.82, 2.24) is 5.32 Å². The van der Waals surface area contributed by atoms with E-state index in [1.807, 2.05) is 0 Å². The van der Waals surface area contributed by atoms with E-state index in [1.165, 1.54) is 11.1 Å². The molecule has 0 spiro atoms. The van der Waals surface area contributed by atoms with Gasteiger partial charge in [-0.25, -0.2) is 0 Å². The molecule has 0 atom stereocenters. The lowest BCUT2D eigenvalue weighted by Crippen LogP contribution is -2.24. The Bertz CT molecular complexity index is 435. The highest BCUT2D eigenvalue weighted by atomic mass is 16.5. The van der Waals surface area contributed by atoms with E-state index in [4.69, 9.17) is 4.74 Å². The fourth-order valence-corrected chi connectivity index (χ4v) is 2.36. The summed E-state index contributed by atoms with van der Waals surface area (Å²) in [5.41, 5.74) is 2.64. The first kappa shape index (κ1) is 13.2. The normalized spacial score (nSPS) is 16.8. The molecule has 0 saturated carbocycles. The first-order valence-electron chi connectivity index (χ1n) is 6.73. The van der Waals surface area contributed by atoms with Gasteiger partial charge in [0.2, 0.25) is 0 Å². The molecule has 1 heterocycles. The molecule has 0 unspecified atom stereocenters. The van der Waals surface area contributed by atoms with Crippen molar-refractivity contribution < 1.29 is 4.74 Å². The average Bonchev–Trinajstić information content (AvgIpc) is 2.62. The van der Waals surface area contributed by atoms with Crippen LogP contribution in [-0.2, 0) is 13.0 Å². The van der Waals surface area contributed by atoms with Crippen molar-refractivity contribution in [3.05, 3.63) is 41.5 Å². The van der Waals surface area contributed by atoms with Crippen LogP contribution in [0.15, 0.2) is 30.4 Å². The van der Waals surface area contributed by atoms with E-state index in [9.17, 15) is 0 Å². The summed E-state index contributed by atoms with van der Waals surface area (Å²) in [5.74, 6) is 1.05. The van der Waals surface area contributed by atoms with Crippen LogP contribution in [0.4, 0.5) is 0 Å². The Morgan fingerprint density at radius 3 is 3.00 bits per heavy atom. The molecule has 2 nitrogen and oxygen atoms in total. The van der Waals surface area contributed by atoms with Gasteiger partial charge in [0.25, 0.3) is 0 Å². The SMILES string of the molecule is C/C=C/CCNCc1ccc2c(c1)CC(C)(C)O2. The number of rotatable bonds is 5. The number of ether oxygens (including phenoxy) is 1. The second kappa shape index (κ2) is 5.57. The van der Waals surface area contributed by atoms with Gasteiger partial charge in [-0.3, -0.25) is 0 Å². The molecule has 0 aromatic heterocycles. The number of nitrogens with one attached hydrogen (secondary N) is 1. The molecule has 1 aliphatic heterocycles. The molecule has 0 fully saturated rings. The fraction of sp³-hybridized carbons (Fsp3) is 0.500. The van der Waals surface area contributed by atoms with Gasteiger partial charge in [-0.05, 0) is 50.9 Å². The van der Waals surface area contributed by atoms with Gasteiger partial charge in [-0.1, -0.05) is 24.3 Å². The summed E-state index contributed by atoms with van der Waals surface area (Å²) in [5, 5.41) is 3.46. The third kappa shape index (κ3) is 3.36. The van der Waals surface area contributed by atoms with Crippen LogP contribution < -0.4 is 10.1 Å². The Balaban J connectivity index is 1.89. The second-order valence-corrected chi connectivity index (χ2v) is 5.52. The summed E-state index contributed by atoms with van der Waals surface area (Å²) in [6.07, 6.45) is 6.38. The highest BCUT2D eigenvalue weighted by Crippen LogP contribution is 2.35. The van der Waals surface area contributed by atoms with Crippen molar-refractivity contribution in [3.8, 4) is 5.75 Å². The number of allylic oxidation sites excluding steroid dienone is 1. The molecule has 1 aromatic rings. The molecule has 1 aromatic carbocycles. The lowest BCUT2D eigenvalue weighted by atomic mass is 10.0. The molecule has 2 heteroatoms. The van der Waals surface area contributed by atoms with E-state index >= 15 is 0 Å². The van der Waals surface area contributed by atoms with Gasteiger partial charge >= 0.3 is 0 Å². The maximum atomic E-state index is 5.88. The zero-order valence-corrected chi connectivity index (χ0v) is 11.6. The van der Waals surface area contributed by atoms with E-state index < -0.39 is 0 Å². The summed E-state index contributed by atoms with van der Waals surface area (Å²) in [7, 11) is 0. The van der Waals surface area contributed by atoms with Crippen LogP contribution in [-0.4, -0.2) is 12.1 Å². The zero-order valence-electron chi connectivity index (χ0n) is 11.6.